The average Bonchev–Trinajstić information content (AvgIpc) is 2.92. The number of ether oxygens (including phenoxy) is 5. The van der Waals surface area contributed by atoms with Gasteiger partial charge in [-0.25, -0.2) is 0 Å². The molecule has 2 rings (SSSR count). The van der Waals surface area contributed by atoms with Crippen LogP contribution in [0, 0.1) is 0 Å². The van der Waals surface area contributed by atoms with Gasteiger partial charge in [-0.3, -0.25) is 14.4 Å². The summed E-state index contributed by atoms with van der Waals surface area (Å²) in [5, 5.41) is 0. The van der Waals surface area contributed by atoms with E-state index in [0.717, 1.165) is 5.56 Å². The minimum Gasteiger partial charge on any atom is -0.496 e. The Bertz CT molecular complexity index is 785. The Morgan fingerprint density at radius 2 is 1.69 bits per heavy atom. The van der Waals surface area contributed by atoms with Crippen LogP contribution in [0.4, 0.5) is 0 Å². The van der Waals surface area contributed by atoms with Gasteiger partial charge in [0.1, 0.15) is 18.5 Å². The molecule has 1 aliphatic rings. The molecule has 0 bridgehead atoms. The Labute approximate surface area is 169 Å². The topological polar surface area (TPSA) is 97.4 Å². The maximum absolute atomic E-state index is 11.5. The van der Waals surface area contributed by atoms with Crippen molar-refractivity contribution in [2.45, 2.75) is 58.7 Å². The van der Waals surface area contributed by atoms with Crippen molar-refractivity contribution >= 4 is 24.0 Å². The average molecular weight is 406 g/mol. The first-order valence-corrected chi connectivity index (χ1v) is 9.20. The zero-order chi connectivity index (χ0) is 21.6. The van der Waals surface area contributed by atoms with Crippen molar-refractivity contribution in [3.8, 4) is 5.75 Å². The summed E-state index contributed by atoms with van der Waals surface area (Å²) in [4.78, 5) is 34.2. The van der Waals surface area contributed by atoms with Crippen LogP contribution < -0.4 is 4.74 Å². The van der Waals surface area contributed by atoms with Crippen LogP contribution in [0.1, 0.15) is 38.8 Å². The van der Waals surface area contributed by atoms with Crippen LogP contribution in [0.3, 0.4) is 0 Å². The lowest BCUT2D eigenvalue weighted by molar-refractivity contribution is -0.163. The minimum atomic E-state index is -0.773. The fourth-order valence-electron chi connectivity index (χ4n) is 3.15. The van der Waals surface area contributed by atoms with E-state index in [4.69, 9.17) is 23.7 Å². The molecule has 1 fully saturated rings. The highest BCUT2D eigenvalue weighted by Gasteiger charge is 2.45. The molecule has 1 aromatic carbocycles. The van der Waals surface area contributed by atoms with Gasteiger partial charge in [-0.15, -0.1) is 0 Å². The van der Waals surface area contributed by atoms with Crippen molar-refractivity contribution in [1.29, 1.82) is 0 Å². The summed E-state index contributed by atoms with van der Waals surface area (Å²) < 4.78 is 27.0. The van der Waals surface area contributed by atoms with Crippen LogP contribution in [0.25, 0.3) is 6.08 Å². The van der Waals surface area contributed by atoms with E-state index in [2.05, 4.69) is 0 Å². The number of rotatable bonds is 7. The molecule has 1 heterocycles. The second kappa shape index (κ2) is 10.1. The molecule has 0 amide bonds. The number of benzene rings is 1. The summed E-state index contributed by atoms with van der Waals surface area (Å²) in [6.45, 7) is 5.70. The van der Waals surface area contributed by atoms with Crippen molar-refractivity contribution in [2.24, 2.45) is 0 Å². The molecule has 8 heteroatoms. The van der Waals surface area contributed by atoms with E-state index in [1.54, 1.807) is 31.2 Å². The van der Waals surface area contributed by atoms with Crippen molar-refractivity contribution in [3.63, 3.8) is 0 Å². The monoisotopic (exact) mass is 406 g/mol. The van der Waals surface area contributed by atoms with Gasteiger partial charge in [-0.2, -0.15) is 0 Å². The van der Waals surface area contributed by atoms with Gasteiger partial charge in [0, 0.05) is 26.3 Å². The number of hydrogen-bond donors (Lipinski definition) is 0. The Morgan fingerprint density at radius 1 is 1.03 bits per heavy atom. The minimum absolute atomic E-state index is 0.0460. The highest BCUT2D eigenvalue weighted by atomic mass is 16.6. The van der Waals surface area contributed by atoms with Gasteiger partial charge in [0.25, 0.3) is 0 Å². The molecule has 0 spiro atoms. The summed E-state index contributed by atoms with van der Waals surface area (Å²) in [5.74, 6) is -0.815. The lowest BCUT2D eigenvalue weighted by Gasteiger charge is -2.21. The van der Waals surface area contributed by atoms with Crippen molar-refractivity contribution < 1.29 is 38.1 Å². The predicted octanol–water partition coefficient (Wildman–Crippen LogP) is 2.42. The van der Waals surface area contributed by atoms with Gasteiger partial charge in [-0.05, 0) is 18.6 Å². The summed E-state index contributed by atoms with van der Waals surface area (Å²) in [5.41, 5.74) is 1.44. The maximum atomic E-state index is 11.5. The van der Waals surface area contributed by atoms with Crippen LogP contribution in [0.15, 0.2) is 24.3 Å². The van der Waals surface area contributed by atoms with Crippen LogP contribution in [-0.2, 0) is 39.9 Å². The molecule has 4 atom stereocenters. The summed E-state index contributed by atoms with van der Waals surface area (Å²) in [6.07, 6.45) is 0.933. The first-order valence-electron chi connectivity index (χ1n) is 9.20. The van der Waals surface area contributed by atoms with Crippen molar-refractivity contribution in [2.75, 3.05) is 7.11 Å². The second-order valence-electron chi connectivity index (χ2n) is 6.62. The van der Waals surface area contributed by atoms with Crippen LogP contribution in [0.5, 0.6) is 5.75 Å². The molecule has 0 aromatic heterocycles. The third-order valence-corrected chi connectivity index (χ3v) is 4.36. The zero-order valence-electron chi connectivity index (χ0n) is 17.2. The van der Waals surface area contributed by atoms with E-state index in [9.17, 15) is 14.4 Å². The fourth-order valence-corrected chi connectivity index (χ4v) is 3.15. The third-order valence-electron chi connectivity index (χ3n) is 4.36. The van der Waals surface area contributed by atoms with E-state index < -0.39 is 42.3 Å². The molecule has 0 aliphatic carbocycles. The van der Waals surface area contributed by atoms with Gasteiger partial charge >= 0.3 is 17.9 Å². The molecule has 158 valence electrons. The number of carbonyl (C=O) groups is 3. The lowest BCUT2D eigenvalue weighted by Crippen LogP contribution is -2.38. The Hall–Kier alpha value is -2.87. The second-order valence-corrected chi connectivity index (χ2v) is 6.62. The van der Waals surface area contributed by atoms with E-state index in [0.29, 0.717) is 11.3 Å². The van der Waals surface area contributed by atoms with E-state index in [1.165, 1.54) is 27.9 Å². The van der Waals surface area contributed by atoms with E-state index in [1.807, 2.05) is 6.07 Å². The van der Waals surface area contributed by atoms with Gasteiger partial charge in [0.15, 0.2) is 12.2 Å². The number of esters is 3. The predicted molar refractivity (Wildman–Crippen MR) is 103 cm³/mol. The van der Waals surface area contributed by atoms with Gasteiger partial charge in [0.05, 0.1) is 13.2 Å². The molecule has 8 nitrogen and oxygen atoms in total. The Balaban J connectivity index is 2.29. The third kappa shape index (κ3) is 6.05. The van der Waals surface area contributed by atoms with Gasteiger partial charge < -0.3 is 23.7 Å². The Kier molecular flexibility index (Phi) is 7.78. The van der Waals surface area contributed by atoms with Gasteiger partial charge in [0.2, 0.25) is 0 Å². The molecule has 0 radical (unpaired) electrons. The van der Waals surface area contributed by atoms with Gasteiger partial charge in [-0.1, -0.05) is 24.3 Å². The Morgan fingerprint density at radius 3 is 2.28 bits per heavy atom. The fraction of sp³-hybridized carbons (Fsp3) is 0.476. The highest BCUT2D eigenvalue weighted by molar-refractivity contribution is 5.68. The van der Waals surface area contributed by atoms with Crippen molar-refractivity contribution in [3.05, 3.63) is 35.4 Å². The highest BCUT2D eigenvalue weighted by Crippen LogP contribution is 2.30. The normalized spacial score (nSPS) is 23.6. The molecule has 29 heavy (non-hydrogen) atoms. The van der Waals surface area contributed by atoms with Crippen molar-refractivity contribution in [1.82, 2.24) is 0 Å². The standard InChI is InChI=1S/C21H26O8/c1-12-20(28-14(3)23)21(29-15(4)24)19(27-12)10-9-16-7-6-8-18(25-5)17(16)11-26-13(2)22/h6-10,12,19-21H,11H2,1-5H3. The molecule has 1 saturated heterocycles. The summed E-state index contributed by atoms with van der Waals surface area (Å²) in [6, 6.07) is 5.41. The molecule has 0 N–H and O–H groups in total. The largest absolute Gasteiger partial charge is 0.496 e. The number of carbonyl (C=O) groups excluding carboxylic acids is 3. The van der Waals surface area contributed by atoms with E-state index in [-0.39, 0.29) is 6.61 Å². The first-order chi connectivity index (χ1) is 13.7. The first kappa shape index (κ1) is 22.4. The zero-order valence-corrected chi connectivity index (χ0v) is 17.2. The van der Waals surface area contributed by atoms with E-state index >= 15 is 0 Å². The molecule has 1 aromatic rings. The molecule has 1 aliphatic heterocycles. The smallest absolute Gasteiger partial charge is 0.303 e. The SMILES string of the molecule is COc1cccc(C=CC2OC(C)C(OC(C)=O)C2OC(C)=O)c1COC(C)=O. The maximum Gasteiger partial charge on any atom is 0.303 e. The quantitative estimate of drug-likeness (QED) is 0.503. The van der Waals surface area contributed by atoms with Crippen LogP contribution in [-0.4, -0.2) is 49.4 Å². The number of hydrogen-bond acceptors (Lipinski definition) is 8. The van der Waals surface area contributed by atoms with Crippen LogP contribution >= 0.6 is 0 Å². The molecule has 0 saturated carbocycles. The van der Waals surface area contributed by atoms with Crippen LogP contribution in [0.2, 0.25) is 0 Å². The summed E-state index contributed by atoms with van der Waals surface area (Å²) in [7, 11) is 1.53. The lowest BCUT2D eigenvalue weighted by atomic mass is 10.0. The number of methoxy groups -OCH3 is 1. The molecular formula is C21H26O8. The molecule has 4 unspecified atom stereocenters. The summed E-state index contributed by atoms with van der Waals surface area (Å²) >= 11 is 0. The molecular weight excluding hydrogens is 380 g/mol.